The summed E-state index contributed by atoms with van der Waals surface area (Å²) in [5, 5.41) is 11.5. The van der Waals surface area contributed by atoms with E-state index in [2.05, 4.69) is 5.32 Å². The van der Waals surface area contributed by atoms with Crippen molar-refractivity contribution in [3.63, 3.8) is 0 Å². The van der Waals surface area contributed by atoms with Crippen LogP contribution in [-0.4, -0.2) is 23.0 Å². The quantitative estimate of drug-likeness (QED) is 0.726. The Morgan fingerprint density at radius 2 is 1.83 bits per heavy atom. The van der Waals surface area contributed by atoms with Crippen molar-refractivity contribution >= 4 is 11.9 Å². The van der Waals surface area contributed by atoms with E-state index in [1.54, 1.807) is 26.0 Å². The van der Waals surface area contributed by atoms with Gasteiger partial charge in [0.05, 0.1) is 5.56 Å². The molecule has 0 aliphatic heterocycles. The first-order valence-corrected chi connectivity index (χ1v) is 5.77. The highest BCUT2D eigenvalue weighted by Gasteiger charge is 2.16. The van der Waals surface area contributed by atoms with Crippen LogP contribution in [0.2, 0.25) is 0 Å². The molecule has 0 spiro atoms. The molecule has 0 radical (unpaired) electrons. The molecule has 5 heteroatoms. The lowest BCUT2D eigenvalue weighted by Gasteiger charge is -2.15. The number of carbonyl (C=O) groups is 2. The van der Waals surface area contributed by atoms with Crippen molar-refractivity contribution < 1.29 is 14.7 Å². The summed E-state index contributed by atoms with van der Waals surface area (Å²) in [6.45, 7) is 3.93. The summed E-state index contributed by atoms with van der Waals surface area (Å²) in [7, 11) is 0. The zero-order valence-electron chi connectivity index (χ0n) is 10.5. The number of carbonyl (C=O) groups excluding carboxylic acids is 1. The Labute approximate surface area is 106 Å². The Balaban J connectivity index is 2.54. The summed E-state index contributed by atoms with van der Waals surface area (Å²) < 4.78 is 0. The Bertz CT molecular complexity index is 426. The third-order valence-electron chi connectivity index (χ3n) is 2.87. The summed E-state index contributed by atoms with van der Waals surface area (Å²) in [6, 6.07) is 6.19. The number of hydrogen-bond donors (Lipinski definition) is 3. The molecule has 1 aromatic rings. The summed E-state index contributed by atoms with van der Waals surface area (Å²) >= 11 is 0. The number of benzene rings is 1. The van der Waals surface area contributed by atoms with Crippen molar-refractivity contribution in [1.29, 1.82) is 0 Å². The number of aromatic carboxylic acids is 1. The van der Waals surface area contributed by atoms with E-state index in [9.17, 15) is 9.59 Å². The predicted molar refractivity (Wildman–Crippen MR) is 68.1 cm³/mol. The lowest BCUT2D eigenvalue weighted by atomic mass is 10.0. The molecule has 0 fully saturated rings. The van der Waals surface area contributed by atoms with Crippen LogP contribution < -0.4 is 11.1 Å². The fourth-order valence-electron chi connectivity index (χ4n) is 1.35. The largest absolute Gasteiger partial charge is 0.478 e. The van der Waals surface area contributed by atoms with E-state index in [1.165, 1.54) is 12.1 Å². The van der Waals surface area contributed by atoms with Crippen LogP contribution in [0.3, 0.4) is 0 Å². The molecule has 4 N–H and O–H groups in total. The molecular weight excluding hydrogens is 232 g/mol. The molecule has 18 heavy (non-hydrogen) atoms. The van der Waals surface area contributed by atoms with Gasteiger partial charge in [-0.3, -0.25) is 4.79 Å². The Morgan fingerprint density at radius 1 is 1.28 bits per heavy atom. The average Bonchev–Trinajstić information content (AvgIpc) is 2.35. The summed E-state index contributed by atoms with van der Waals surface area (Å²) in [5.74, 6) is -1.31. The van der Waals surface area contributed by atoms with Crippen molar-refractivity contribution in [2.45, 2.75) is 26.4 Å². The van der Waals surface area contributed by atoms with Crippen molar-refractivity contribution in [2.24, 2.45) is 11.7 Å². The minimum Gasteiger partial charge on any atom is -0.478 e. The maximum absolute atomic E-state index is 11.6. The van der Waals surface area contributed by atoms with Crippen molar-refractivity contribution in [3.05, 3.63) is 35.4 Å². The molecule has 5 nitrogen and oxygen atoms in total. The first-order chi connectivity index (χ1) is 8.41. The van der Waals surface area contributed by atoms with Gasteiger partial charge in [0.1, 0.15) is 0 Å². The molecule has 2 atom stereocenters. The highest BCUT2D eigenvalue weighted by molar-refractivity contribution is 5.87. The molecule has 0 saturated carbocycles. The van der Waals surface area contributed by atoms with E-state index in [0.717, 1.165) is 5.56 Å². The molecule has 1 rings (SSSR count). The average molecular weight is 250 g/mol. The standard InChI is InChI=1S/C13H18N2O3/c1-8(9(2)14)12(16)15-7-10-3-5-11(6-4-10)13(17)18/h3-6,8-9H,7,14H2,1-2H3,(H,15,16)(H,17,18). The van der Waals surface area contributed by atoms with Crippen molar-refractivity contribution in [3.8, 4) is 0 Å². The van der Waals surface area contributed by atoms with Gasteiger partial charge < -0.3 is 16.2 Å². The van der Waals surface area contributed by atoms with Crippen LogP contribution in [0, 0.1) is 5.92 Å². The Kier molecular flexibility index (Phi) is 4.85. The van der Waals surface area contributed by atoms with Gasteiger partial charge in [0.25, 0.3) is 0 Å². The lowest BCUT2D eigenvalue weighted by molar-refractivity contribution is -0.125. The molecule has 1 aromatic carbocycles. The van der Waals surface area contributed by atoms with E-state index in [1.807, 2.05) is 0 Å². The lowest BCUT2D eigenvalue weighted by Crippen LogP contribution is -2.38. The summed E-state index contributed by atoms with van der Waals surface area (Å²) in [4.78, 5) is 22.3. The molecule has 0 aromatic heterocycles. The van der Waals surface area contributed by atoms with Gasteiger partial charge >= 0.3 is 5.97 Å². The number of rotatable bonds is 5. The molecule has 1 amide bonds. The minimum atomic E-state index is -0.962. The van der Waals surface area contributed by atoms with Crippen LogP contribution in [0.4, 0.5) is 0 Å². The zero-order valence-corrected chi connectivity index (χ0v) is 10.5. The summed E-state index contributed by atoms with van der Waals surface area (Å²) in [6.07, 6.45) is 0. The molecular formula is C13H18N2O3. The zero-order chi connectivity index (χ0) is 13.7. The van der Waals surface area contributed by atoms with Crippen LogP contribution in [0.15, 0.2) is 24.3 Å². The second-order valence-corrected chi connectivity index (χ2v) is 4.37. The predicted octanol–water partition coefficient (Wildman–Crippen LogP) is 0.984. The van der Waals surface area contributed by atoms with E-state index in [4.69, 9.17) is 10.8 Å². The van der Waals surface area contributed by atoms with Crippen LogP contribution in [0.5, 0.6) is 0 Å². The molecule has 0 bridgehead atoms. The first-order valence-electron chi connectivity index (χ1n) is 5.77. The van der Waals surface area contributed by atoms with E-state index in [0.29, 0.717) is 6.54 Å². The van der Waals surface area contributed by atoms with Gasteiger partial charge in [-0.05, 0) is 24.6 Å². The smallest absolute Gasteiger partial charge is 0.335 e. The highest BCUT2D eigenvalue weighted by atomic mass is 16.4. The monoisotopic (exact) mass is 250 g/mol. The van der Waals surface area contributed by atoms with Gasteiger partial charge in [-0.2, -0.15) is 0 Å². The fourth-order valence-corrected chi connectivity index (χ4v) is 1.35. The van der Waals surface area contributed by atoms with Gasteiger partial charge in [-0.25, -0.2) is 4.79 Å². The molecule has 98 valence electrons. The molecule has 0 saturated heterocycles. The number of nitrogens with two attached hydrogens (primary N) is 1. The van der Waals surface area contributed by atoms with E-state index in [-0.39, 0.29) is 23.4 Å². The van der Waals surface area contributed by atoms with E-state index >= 15 is 0 Å². The summed E-state index contributed by atoms with van der Waals surface area (Å²) in [5.41, 5.74) is 6.72. The van der Waals surface area contributed by atoms with Crippen molar-refractivity contribution in [2.75, 3.05) is 0 Å². The number of carboxylic acids is 1. The SMILES string of the molecule is CC(N)C(C)C(=O)NCc1ccc(C(=O)O)cc1. The van der Waals surface area contributed by atoms with Gasteiger partial charge in [0, 0.05) is 18.5 Å². The number of amides is 1. The van der Waals surface area contributed by atoms with Crippen molar-refractivity contribution in [1.82, 2.24) is 5.32 Å². The highest BCUT2D eigenvalue weighted by Crippen LogP contribution is 2.05. The molecule has 0 aliphatic carbocycles. The molecule has 0 heterocycles. The van der Waals surface area contributed by atoms with Crippen LogP contribution in [-0.2, 0) is 11.3 Å². The maximum Gasteiger partial charge on any atom is 0.335 e. The number of hydrogen-bond acceptors (Lipinski definition) is 3. The molecule has 0 aliphatic rings. The van der Waals surface area contributed by atoms with Gasteiger partial charge in [0.15, 0.2) is 0 Å². The third-order valence-corrected chi connectivity index (χ3v) is 2.87. The van der Waals surface area contributed by atoms with Crippen LogP contribution in [0.1, 0.15) is 29.8 Å². The normalized spacial score (nSPS) is 13.7. The second kappa shape index (κ2) is 6.16. The maximum atomic E-state index is 11.6. The van der Waals surface area contributed by atoms with Crippen LogP contribution >= 0.6 is 0 Å². The van der Waals surface area contributed by atoms with Gasteiger partial charge in [-0.15, -0.1) is 0 Å². The fraction of sp³-hybridized carbons (Fsp3) is 0.385. The number of nitrogens with one attached hydrogen (secondary N) is 1. The topological polar surface area (TPSA) is 92.4 Å². The first kappa shape index (κ1) is 14.2. The van der Waals surface area contributed by atoms with Crippen LogP contribution in [0.25, 0.3) is 0 Å². The van der Waals surface area contributed by atoms with Gasteiger partial charge in [-0.1, -0.05) is 19.1 Å². The second-order valence-electron chi connectivity index (χ2n) is 4.37. The third kappa shape index (κ3) is 3.85. The Hall–Kier alpha value is -1.88. The Morgan fingerprint density at radius 3 is 2.28 bits per heavy atom. The molecule has 2 unspecified atom stereocenters. The van der Waals surface area contributed by atoms with Gasteiger partial charge in [0.2, 0.25) is 5.91 Å². The minimum absolute atomic E-state index is 0.104. The number of carboxylic acid groups (broad SMARTS) is 1. The van der Waals surface area contributed by atoms with E-state index < -0.39 is 5.97 Å².